The summed E-state index contributed by atoms with van der Waals surface area (Å²) in [5.41, 5.74) is 0.909. The summed E-state index contributed by atoms with van der Waals surface area (Å²) in [5.74, 6) is 1.32. The van der Waals surface area contributed by atoms with Gasteiger partial charge < -0.3 is 4.74 Å². The van der Waals surface area contributed by atoms with Gasteiger partial charge in [-0.2, -0.15) is 0 Å². The number of rotatable bonds is 2. The summed E-state index contributed by atoms with van der Waals surface area (Å²) in [6.07, 6.45) is 3.47. The van der Waals surface area contributed by atoms with Gasteiger partial charge in [-0.15, -0.1) is 0 Å². The topological polar surface area (TPSA) is 35.0 Å². The minimum atomic E-state index is 0.564. The molecule has 0 N–H and O–H groups in total. The second-order valence-electron chi connectivity index (χ2n) is 3.74. The molecule has 18 heavy (non-hydrogen) atoms. The molecule has 3 nitrogen and oxygen atoms in total. The molecule has 0 unspecified atom stereocenters. The van der Waals surface area contributed by atoms with Crippen molar-refractivity contribution in [3.05, 3.63) is 59.3 Å². The van der Waals surface area contributed by atoms with E-state index in [1.165, 1.54) is 0 Å². The fraction of sp³-hybridized carbons (Fsp3) is 0. The highest BCUT2D eigenvalue weighted by Crippen LogP contribution is 2.28. The molecule has 0 aliphatic heterocycles. The molecular formula is C14H9BrN2O. The van der Waals surface area contributed by atoms with Crippen LogP contribution in [0, 0.1) is 0 Å². The van der Waals surface area contributed by atoms with Gasteiger partial charge in [-0.3, -0.25) is 4.98 Å². The van der Waals surface area contributed by atoms with Crippen molar-refractivity contribution in [1.29, 1.82) is 0 Å². The predicted molar refractivity (Wildman–Crippen MR) is 73.8 cm³/mol. The summed E-state index contributed by atoms with van der Waals surface area (Å²) in [7, 11) is 0. The Bertz CT molecular complexity index is 677. The van der Waals surface area contributed by atoms with Crippen molar-refractivity contribution in [2.75, 3.05) is 0 Å². The Labute approximate surface area is 113 Å². The first-order chi connectivity index (χ1) is 8.83. The summed E-state index contributed by atoms with van der Waals surface area (Å²) in [6.45, 7) is 0. The van der Waals surface area contributed by atoms with Crippen LogP contribution in [0.1, 0.15) is 0 Å². The highest BCUT2D eigenvalue weighted by atomic mass is 79.9. The van der Waals surface area contributed by atoms with Gasteiger partial charge in [-0.25, -0.2) is 4.98 Å². The molecule has 0 atom stereocenters. The van der Waals surface area contributed by atoms with Crippen LogP contribution in [0.3, 0.4) is 0 Å². The van der Waals surface area contributed by atoms with E-state index >= 15 is 0 Å². The summed E-state index contributed by atoms with van der Waals surface area (Å²) < 4.78 is 6.70. The first-order valence-corrected chi connectivity index (χ1v) is 6.25. The zero-order valence-corrected chi connectivity index (χ0v) is 11.0. The average molecular weight is 301 g/mol. The Morgan fingerprint density at radius 1 is 0.944 bits per heavy atom. The summed E-state index contributed by atoms with van der Waals surface area (Å²) >= 11 is 3.34. The second-order valence-corrected chi connectivity index (χ2v) is 4.66. The number of nitrogens with zero attached hydrogens (tertiary/aromatic N) is 2. The molecule has 0 amide bonds. The quantitative estimate of drug-likeness (QED) is 0.712. The number of fused-ring (bicyclic) bond motifs is 1. The molecule has 3 rings (SSSR count). The van der Waals surface area contributed by atoms with E-state index in [1.807, 2.05) is 42.5 Å². The monoisotopic (exact) mass is 300 g/mol. The van der Waals surface area contributed by atoms with Crippen molar-refractivity contribution in [2.45, 2.75) is 0 Å². The molecule has 3 aromatic rings. The first kappa shape index (κ1) is 11.2. The van der Waals surface area contributed by atoms with Crippen LogP contribution in [0.4, 0.5) is 0 Å². The lowest BCUT2D eigenvalue weighted by atomic mass is 10.2. The Kier molecular flexibility index (Phi) is 2.94. The zero-order valence-electron chi connectivity index (χ0n) is 9.38. The van der Waals surface area contributed by atoms with Gasteiger partial charge in [0.05, 0.1) is 5.52 Å². The predicted octanol–water partition coefficient (Wildman–Crippen LogP) is 4.18. The highest BCUT2D eigenvalue weighted by molar-refractivity contribution is 9.10. The van der Waals surface area contributed by atoms with Crippen LogP contribution in [0.2, 0.25) is 0 Å². The van der Waals surface area contributed by atoms with E-state index < -0.39 is 0 Å². The van der Waals surface area contributed by atoms with Crippen LogP contribution in [0.5, 0.6) is 11.6 Å². The van der Waals surface area contributed by atoms with E-state index in [9.17, 15) is 0 Å². The number of aromatic nitrogens is 2. The van der Waals surface area contributed by atoms with E-state index in [1.54, 1.807) is 12.4 Å². The van der Waals surface area contributed by atoms with Crippen molar-refractivity contribution >= 4 is 26.8 Å². The molecule has 88 valence electrons. The third kappa shape index (κ3) is 2.19. The minimum absolute atomic E-state index is 0.564. The van der Waals surface area contributed by atoms with Crippen LogP contribution in [-0.2, 0) is 0 Å². The van der Waals surface area contributed by atoms with E-state index in [4.69, 9.17) is 4.74 Å². The molecular weight excluding hydrogens is 292 g/mol. The molecule has 0 bridgehead atoms. The smallest absolute Gasteiger partial charge is 0.219 e. The molecule has 1 aromatic carbocycles. The average Bonchev–Trinajstić information content (AvgIpc) is 2.42. The zero-order chi connectivity index (χ0) is 12.4. The normalized spacial score (nSPS) is 10.5. The lowest BCUT2D eigenvalue weighted by Gasteiger charge is -2.07. The van der Waals surface area contributed by atoms with Crippen LogP contribution in [0.15, 0.2) is 59.3 Å². The lowest BCUT2D eigenvalue weighted by Crippen LogP contribution is -1.89. The first-order valence-electron chi connectivity index (χ1n) is 5.46. The lowest BCUT2D eigenvalue weighted by molar-refractivity contribution is 0.468. The molecule has 0 spiro atoms. The number of hydrogen-bond acceptors (Lipinski definition) is 3. The number of pyridine rings is 2. The standard InChI is InChI=1S/C14H9BrN2O/c15-10-6-7-14(17-9-10)18-13-5-1-4-12-11(13)3-2-8-16-12/h1-9H. The van der Waals surface area contributed by atoms with Gasteiger partial charge in [0.2, 0.25) is 5.88 Å². The summed E-state index contributed by atoms with van der Waals surface area (Å²) in [6, 6.07) is 13.4. The van der Waals surface area contributed by atoms with E-state index in [0.29, 0.717) is 5.88 Å². The molecule has 0 saturated heterocycles. The molecule has 0 saturated carbocycles. The van der Waals surface area contributed by atoms with Gasteiger partial charge in [0.15, 0.2) is 0 Å². The number of halogens is 1. The Hall–Kier alpha value is -1.94. The number of benzene rings is 1. The van der Waals surface area contributed by atoms with Crippen molar-refractivity contribution in [3.63, 3.8) is 0 Å². The number of ether oxygens (including phenoxy) is 1. The fourth-order valence-electron chi connectivity index (χ4n) is 1.70. The summed E-state index contributed by atoms with van der Waals surface area (Å²) in [4.78, 5) is 8.48. The maximum atomic E-state index is 5.77. The van der Waals surface area contributed by atoms with E-state index in [-0.39, 0.29) is 0 Å². The van der Waals surface area contributed by atoms with Gasteiger partial charge >= 0.3 is 0 Å². The van der Waals surface area contributed by atoms with Crippen LogP contribution in [0.25, 0.3) is 10.9 Å². The van der Waals surface area contributed by atoms with Crippen LogP contribution in [-0.4, -0.2) is 9.97 Å². The van der Waals surface area contributed by atoms with Crippen molar-refractivity contribution in [2.24, 2.45) is 0 Å². The third-order valence-electron chi connectivity index (χ3n) is 2.52. The van der Waals surface area contributed by atoms with Crippen molar-refractivity contribution in [1.82, 2.24) is 9.97 Å². The minimum Gasteiger partial charge on any atom is -0.438 e. The summed E-state index contributed by atoms with van der Waals surface area (Å²) in [5, 5.41) is 0.977. The molecule has 4 heteroatoms. The molecule has 2 heterocycles. The van der Waals surface area contributed by atoms with E-state index in [2.05, 4.69) is 25.9 Å². The van der Waals surface area contributed by atoms with Gasteiger partial charge in [0, 0.05) is 28.3 Å². The molecule has 0 fully saturated rings. The molecule has 2 aromatic heterocycles. The number of hydrogen-bond donors (Lipinski definition) is 0. The van der Waals surface area contributed by atoms with Gasteiger partial charge in [0.25, 0.3) is 0 Å². The molecule has 0 aliphatic carbocycles. The largest absolute Gasteiger partial charge is 0.438 e. The molecule has 0 radical (unpaired) electrons. The molecule has 0 aliphatic rings. The third-order valence-corrected chi connectivity index (χ3v) is 2.99. The maximum absolute atomic E-state index is 5.77. The van der Waals surface area contributed by atoms with Gasteiger partial charge in [0.1, 0.15) is 5.75 Å². The van der Waals surface area contributed by atoms with Crippen LogP contribution >= 0.6 is 15.9 Å². The van der Waals surface area contributed by atoms with E-state index in [0.717, 1.165) is 21.1 Å². The van der Waals surface area contributed by atoms with Crippen molar-refractivity contribution in [3.8, 4) is 11.6 Å². The SMILES string of the molecule is Brc1ccc(Oc2cccc3ncccc23)nc1. The maximum Gasteiger partial charge on any atom is 0.219 e. The van der Waals surface area contributed by atoms with Gasteiger partial charge in [-0.05, 0) is 46.3 Å². The van der Waals surface area contributed by atoms with Gasteiger partial charge in [-0.1, -0.05) is 6.07 Å². The van der Waals surface area contributed by atoms with Crippen molar-refractivity contribution < 1.29 is 4.74 Å². The Balaban J connectivity index is 2.02. The Morgan fingerprint density at radius 2 is 1.89 bits per heavy atom. The highest BCUT2D eigenvalue weighted by Gasteiger charge is 2.04. The fourth-order valence-corrected chi connectivity index (χ4v) is 1.93. The second kappa shape index (κ2) is 4.74. The Morgan fingerprint density at radius 3 is 2.72 bits per heavy atom. The van der Waals surface area contributed by atoms with Crippen LogP contribution < -0.4 is 4.74 Å².